The van der Waals surface area contributed by atoms with Crippen molar-refractivity contribution in [2.75, 3.05) is 11.1 Å². The molecule has 6 nitrogen and oxygen atoms in total. The number of aryl methyl sites for hydroxylation is 1. The Morgan fingerprint density at radius 3 is 2.71 bits per heavy atom. The minimum absolute atomic E-state index is 0.0700. The van der Waals surface area contributed by atoms with Crippen LogP contribution in [0, 0.1) is 17.0 Å². The summed E-state index contributed by atoms with van der Waals surface area (Å²) < 4.78 is 0. The SMILES string of the molecule is Cc1csc(NC(=O)CSCc2ccc([N+](=O)[O-])cc2)n1. The Bertz CT molecular complexity index is 640. The number of amides is 1. The van der Waals surface area contributed by atoms with Crippen LogP contribution in [0.2, 0.25) is 0 Å². The standard InChI is InChI=1S/C13H13N3O3S2/c1-9-6-21-13(14-9)15-12(17)8-20-7-10-2-4-11(5-3-10)16(18)19/h2-6H,7-8H2,1H3,(H,14,15,17). The minimum atomic E-state index is -0.430. The first-order valence-corrected chi connectivity index (χ1v) is 8.11. The van der Waals surface area contributed by atoms with Gasteiger partial charge in [0.1, 0.15) is 0 Å². The Morgan fingerprint density at radius 2 is 2.14 bits per heavy atom. The van der Waals surface area contributed by atoms with Crippen LogP contribution in [0.3, 0.4) is 0 Å². The average Bonchev–Trinajstić information content (AvgIpc) is 2.84. The van der Waals surface area contributed by atoms with Crippen molar-refractivity contribution < 1.29 is 9.72 Å². The summed E-state index contributed by atoms with van der Waals surface area (Å²) >= 11 is 2.85. The third-order valence-corrected chi connectivity index (χ3v) is 4.39. The number of thioether (sulfide) groups is 1. The van der Waals surface area contributed by atoms with Crippen LogP contribution in [0.4, 0.5) is 10.8 Å². The first-order valence-electron chi connectivity index (χ1n) is 6.07. The Hall–Kier alpha value is -1.93. The number of hydrogen-bond acceptors (Lipinski definition) is 6. The first kappa shape index (κ1) is 15.5. The van der Waals surface area contributed by atoms with Crippen molar-refractivity contribution in [1.29, 1.82) is 0 Å². The Kier molecular flexibility index (Phi) is 5.29. The summed E-state index contributed by atoms with van der Waals surface area (Å²) in [5.41, 5.74) is 1.90. The lowest BCUT2D eigenvalue weighted by atomic mass is 10.2. The number of nitro groups is 1. The van der Waals surface area contributed by atoms with Crippen LogP contribution in [-0.4, -0.2) is 21.6 Å². The maximum Gasteiger partial charge on any atom is 0.269 e. The predicted octanol–water partition coefficient (Wildman–Crippen LogP) is 3.23. The maximum atomic E-state index is 11.7. The molecule has 1 aromatic heterocycles. The van der Waals surface area contributed by atoms with E-state index in [-0.39, 0.29) is 11.6 Å². The molecule has 2 rings (SSSR count). The molecule has 0 spiro atoms. The zero-order valence-corrected chi connectivity index (χ0v) is 12.9. The summed E-state index contributed by atoms with van der Waals surface area (Å²) in [6.07, 6.45) is 0. The van der Waals surface area contributed by atoms with Crippen LogP contribution >= 0.6 is 23.1 Å². The number of aromatic nitrogens is 1. The lowest BCUT2D eigenvalue weighted by Crippen LogP contribution is -2.13. The van der Waals surface area contributed by atoms with Gasteiger partial charge < -0.3 is 5.32 Å². The largest absolute Gasteiger partial charge is 0.301 e. The topological polar surface area (TPSA) is 85.1 Å². The maximum absolute atomic E-state index is 11.7. The van der Waals surface area contributed by atoms with Crippen LogP contribution in [-0.2, 0) is 10.5 Å². The molecule has 21 heavy (non-hydrogen) atoms. The number of nitro benzene ring substituents is 1. The summed E-state index contributed by atoms with van der Waals surface area (Å²) in [5.74, 6) is 0.842. The number of hydrogen-bond donors (Lipinski definition) is 1. The number of carbonyl (C=O) groups excluding carboxylic acids is 1. The molecular weight excluding hydrogens is 310 g/mol. The molecule has 0 aliphatic heterocycles. The first-order chi connectivity index (χ1) is 10.0. The van der Waals surface area contributed by atoms with E-state index in [0.29, 0.717) is 16.6 Å². The average molecular weight is 323 g/mol. The van der Waals surface area contributed by atoms with Crippen molar-refractivity contribution in [3.05, 3.63) is 51.0 Å². The molecule has 0 saturated heterocycles. The normalized spacial score (nSPS) is 10.3. The zero-order valence-electron chi connectivity index (χ0n) is 11.2. The number of benzene rings is 1. The summed E-state index contributed by atoms with van der Waals surface area (Å²) in [7, 11) is 0. The molecule has 1 amide bonds. The number of carbonyl (C=O) groups is 1. The second-order valence-electron chi connectivity index (χ2n) is 4.26. The van der Waals surface area contributed by atoms with Crippen LogP contribution in [0.15, 0.2) is 29.6 Å². The van der Waals surface area contributed by atoms with Crippen LogP contribution in [0.5, 0.6) is 0 Å². The lowest BCUT2D eigenvalue weighted by molar-refractivity contribution is -0.384. The smallest absolute Gasteiger partial charge is 0.269 e. The third-order valence-electron chi connectivity index (χ3n) is 2.51. The monoisotopic (exact) mass is 323 g/mol. The lowest BCUT2D eigenvalue weighted by Gasteiger charge is -2.02. The molecule has 0 atom stereocenters. The second kappa shape index (κ2) is 7.19. The van der Waals surface area contributed by atoms with E-state index < -0.39 is 4.92 Å². The number of nitrogens with zero attached hydrogens (tertiary/aromatic N) is 2. The molecule has 0 unspecified atom stereocenters. The molecule has 0 saturated carbocycles. The summed E-state index contributed by atoms with van der Waals surface area (Å²) in [4.78, 5) is 26.0. The van der Waals surface area contributed by atoms with E-state index in [9.17, 15) is 14.9 Å². The number of thiazole rings is 1. The fraction of sp³-hybridized carbons (Fsp3) is 0.231. The molecule has 1 N–H and O–H groups in total. The molecule has 0 fully saturated rings. The van der Waals surface area contributed by atoms with Crippen LogP contribution < -0.4 is 5.32 Å². The molecule has 0 radical (unpaired) electrons. The van der Waals surface area contributed by atoms with Crippen molar-refractivity contribution in [3.8, 4) is 0 Å². The van der Waals surface area contributed by atoms with E-state index in [2.05, 4.69) is 10.3 Å². The van der Waals surface area contributed by atoms with Crippen molar-refractivity contribution in [1.82, 2.24) is 4.98 Å². The van der Waals surface area contributed by atoms with Gasteiger partial charge in [-0.05, 0) is 12.5 Å². The number of nitrogens with one attached hydrogen (secondary N) is 1. The van der Waals surface area contributed by atoms with E-state index in [0.717, 1.165) is 11.3 Å². The highest BCUT2D eigenvalue weighted by atomic mass is 32.2. The summed E-state index contributed by atoms with van der Waals surface area (Å²) in [6.45, 7) is 1.87. The van der Waals surface area contributed by atoms with Gasteiger partial charge >= 0.3 is 0 Å². The number of non-ortho nitro benzene ring substituents is 1. The van der Waals surface area contributed by atoms with E-state index >= 15 is 0 Å². The van der Waals surface area contributed by atoms with Gasteiger partial charge in [0.2, 0.25) is 5.91 Å². The quantitative estimate of drug-likeness (QED) is 0.651. The molecule has 110 valence electrons. The van der Waals surface area contributed by atoms with Gasteiger partial charge in [0.15, 0.2) is 5.13 Å². The molecule has 2 aromatic rings. The highest BCUT2D eigenvalue weighted by molar-refractivity contribution is 7.99. The summed E-state index contributed by atoms with van der Waals surface area (Å²) in [6, 6.07) is 6.34. The molecule has 1 heterocycles. The highest BCUT2D eigenvalue weighted by Gasteiger charge is 2.07. The van der Waals surface area contributed by atoms with Gasteiger partial charge in [-0.15, -0.1) is 23.1 Å². The molecule has 0 aliphatic rings. The highest BCUT2D eigenvalue weighted by Crippen LogP contribution is 2.18. The summed E-state index contributed by atoms with van der Waals surface area (Å²) in [5, 5.41) is 15.7. The molecule has 0 bridgehead atoms. The molecule has 0 aliphatic carbocycles. The van der Waals surface area contributed by atoms with Gasteiger partial charge in [0.05, 0.1) is 16.4 Å². The second-order valence-corrected chi connectivity index (χ2v) is 6.10. The fourth-order valence-corrected chi connectivity index (χ4v) is 3.03. The van der Waals surface area contributed by atoms with E-state index in [1.165, 1.54) is 35.2 Å². The molecule has 8 heteroatoms. The molecular formula is C13H13N3O3S2. The molecule has 1 aromatic carbocycles. The number of anilines is 1. The Balaban J connectivity index is 1.76. The van der Waals surface area contributed by atoms with Crippen molar-refractivity contribution in [2.45, 2.75) is 12.7 Å². The van der Waals surface area contributed by atoms with E-state index in [4.69, 9.17) is 0 Å². The Morgan fingerprint density at radius 1 is 1.43 bits per heavy atom. The van der Waals surface area contributed by atoms with Crippen molar-refractivity contribution in [2.24, 2.45) is 0 Å². The van der Waals surface area contributed by atoms with Crippen LogP contribution in [0.25, 0.3) is 0 Å². The van der Waals surface area contributed by atoms with E-state index in [1.54, 1.807) is 12.1 Å². The van der Waals surface area contributed by atoms with E-state index in [1.807, 2.05) is 12.3 Å². The third kappa shape index (κ3) is 4.83. The van der Waals surface area contributed by atoms with Crippen LogP contribution in [0.1, 0.15) is 11.3 Å². The van der Waals surface area contributed by atoms with Gasteiger partial charge in [-0.1, -0.05) is 12.1 Å². The number of rotatable bonds is 6. The predicted molar refractivity (Wildman–Crippen MR) is 84.7 cm³/mol. The van der Waals surface area contributed by atoms with Gasteiger partial charge in [-0.3, -0.25) is 14.9 Å². The van der Waals surface area contributed by atoms with Gasteiger partial charge in [0, 0.05) is 23.3 Å². The van der Waals surface area contributed by atoms with Crippen molar-refractivity contribution in [3.63, 3.8) is 0 Å². The minimum Gasteiger partial charge on any atom is -0.301 e. The van der Waals surface area contributed by atoms with Gasteiger partial charge in [0.25, 0.3) is 5.69 Å². The Labute approximate surface area is 129 Å². The van der Waals surface area contributed by atoms with Gasteiger partial charge in [-0.25, -0.2) is 4.98 Å². The van der Waals surface area contributed by atoms with Crippen molar-refractivity contribution >= 4 is 39.8 Å². The van der Waals surface area contributed by atoms with Gasteiger partial charge in [-0.2, -0.15) is 0 Å². The zero-order chi connectivity index (χ0) is 15.2. The fourth-order valence-electron chi connectivity index (χ4n) is 1.54.